The van der Waals surface area contributed by atoms with Crippen LogP contribution in [0.3, 0.4) is 0 Å². The van der Waals surface area contributed by atoms with Gasteiger partial charge < -0.3 is 14.9 Å². The highest BCUT2D eigenvalue weighted by molar-refractivity contribution is 6.30. The first-order chi connectivity index (χ1) is 14.1. The van der Waals surface area contributed by atoms with E-state index in [0.29, 0.717) is 6.54 Å². The van der Waals surface area contributed by atoms with Crippen LogP contribution in [0.5, 0.6) is 0 Å². The summed E-state index contributed by atoms with van der Waals surface area (Å²) in [4.78, 5) is 24.9. The van der Waals surface area contributed by atoms with Crippen molar-refractivity contribution in [3.63, 3.8) is 0 Å². The number of benzene rings is 1. The molecule has 3 heterocycles. The van der Waals surface area contributed by atoms with Gasteiger partial charge in [-0.25, -0.2) is 4.98 Å². The summed E-state index contributed by atoms with van der Waals surface area (Å²) >= 11 is 6.25. The van der Waals surface area contributed by atoms with Crippen molar-refractivity contribution in [1.29, 1.82) is 0 Å². The van der Waals surface area contributed by atoms with Gasteiger partial charge in [-0.2, -0.15) is 0 Å². The Morgan fingerprint density at radius 1 is 1.21 bits per heavy atom. The van der Waals surface area contributed by atoms with Crippen LogP contribution in [0.25, 0.3) is 0 Å². The molecule has 29 heavy (non-hydrogen) atoms. The maximum absolute atomic E-state index is 12.5. The van der Waals surface area contributed by atoms with Crippen molar-refractivity contribution in [2.75, 3.05) is 42.6 Å². The minimum atomic E-state index is 0.0416. The standard InChI is InChI=1S/C22H27ClN4O2/c23-15-5-6-17-19(13-15)27(11-12-28)14-22(17)7-9-26(10-8-22)21-24-18-4-2-1-3-16(18)20(29)25-21/h5-6,13,28H,1-4,7-12,14H2,(H,24,25,29). The van der Waals surface area contributed by atoms with E-state index in [-0.39, 0.29) is 17.6 Å². The summed E-state index contributed by atoms with van der Waals surface area (Å²) in [7, 11) is 0. The largest absolute Gasteiger partial charge is 0.395 e. The van der Waals surface area contributed by atoms with Gasteiger partial charge in [-0.15, -0.1) is 0 Å². The molecule has 1 aromatic carbocycles. The van der Waals surface area contributed by atoms with Crippen molar-refractivity contribution in [2.45, 2.75) is 43.9 Å². The number of fused-ring (bicyclic) bond motifs is 3. The molecule has 2 N–H and O–H groups in total. The molecule has 2 aliphatic heterocycles. The zero-order chi connectivity index (χ0) is 20.0. The molecule has 0 amide bonds. The second kappa shape index (κ2) is 7.33. The number of nitrogens with zero attached hydrogens (tertiary/aromatic N) is 3. The molecule has 3 aliphatic rings. The number of hydrogen-bond donors (Lipinski definition) is 2. The van der Waals surface area contributed by atoms with Gasteiger partial charge in [-0.3, -0.25) is 9.78 Å². The number of aromatic amines is 1. The summed E-state index contributed by atoms with van der Waals surface area (Å²) in [6.07, 6.45) is 5.94. The Balaban J connectivity index is 1.40. The van der Waals surface area contributed by atoms with Crippen LogP contribution in [0.4, 0.5) is 11.6 Å². The normalized spacial score (nSPS) is 20.1. The van der Waals surface area contributed by atoms with Gasteiger partial charge in [-0.05, 0) is 56.2 Å². The summed E-state index contributed by atoms with van der Waals surface area (Å²) in [6, 6.07) is 6.15. The van der Waals surface area contributed by atoms with Crippen LogP contribution in [-0.4, -0.2) is 47.9 Å². The molecular formula is C22H27ClN4O2. The van der Waals surface area contributed by atoms with E-state index in [1.165, 1.54) is 5.56 Å². The third-order valence-electron chi connectivity index (χ3n) is 6.93. The van der Waals surface area contributed by atoms with E-state index in [9.17, 15) is 9.90 Å². The Bertz CT molecular complexity index is 981. The van der Waals surface area contributed by atoms with Crippen LogP contribution in [0.15, 0.2) is 23.0 Å². The Morgan fingerprint density at radius 3 is 2.79 bits per heavy atom. The van der Waals surface area contributed by atoms with Gasteiger partial charge in [0.05, 0.1) is 12.3 Å². The zero-order valence-electron chi connectivity index (χ0n) is 16.6. The maximum Gasteiger partial charge on any atom is 0.255 e. The molecule has 6 nitrogen and oxygen atoms in total. The average molecular weight is 415 g/mol. The number of H-pyrrole nitrogens is 1. The fourth-order valence-corrected chi connectivity index (χ4v) is 5.55. The second-order valence-electron chi connectivity index (χ2n) is 8.60. The van der Waals surface area contributed by atoms with Gasteiger partial charge in [0.2, 0.25) is 5.95 Å². The highest BCUT2D eigenvalue weighted by atomic mass is 35.5. The number of β-amino-alcohol motifs (C(OH)–C–C–N with tert-alkyl or cyclic N) is 1. The molecule has 0 atom stereocenters. The molecule has 5 rings (SSSR count). The number of nitrogens with one attached hydrogen (secondary N) is 1. The number of aliphatic hydroxyl groups is 1. The van der Waals surface area contributed by atoms with Gasteiger partial charge in [0.25, 0.3) is 5.56 Å². The summed E-state index contributed by atoms with van der Waals surface area (Å²) in [5.41, 5.74) is 4.47. The first-order valence-corrected chi connectivity index (χ1v) is 11.0. The Labute approximate surface area is 175 Å². The number of hydrogen-bond acceptors (Lipinski definition) is 5. The van der Waals surface area contributed by atoms with Gasteiger partial charge in [0.15, 0.2) is 0 Å². The lowest BCUT2D eigenvalue weighted by atomic mass is 9.74. The zero-order valence-corrected chi connectivity index (χ0v) is 17.3. The Hall–Kier alpha value is -2.05. The van der Waals surface area contributed by atoms with E-state index in [1.54, 1.807) is 0 Å². The molecule has 1 saturated heterocycles. The monoisotopic (exact) mass is 414 g/mol. The van der Waals surface area contributed by atoms with E-state index >= 15 is 0 Å². The number of piperidine rings is 1. The fourth-order valence-electron chi connectivity index (χ4n) is 5.38. The molecule has 0 saturated carbocycles. The molecule has 0 unspecified atom stereocenters. The molecular weight excluding hydrogens is 388 g/mol. The summed E-state index contributed by atoms with van der Waals surface area (Å²) in [5, 5.41) is 10.2. The summed E-state index contributed by atoms with van der Waals surface area (Å²) in [5.74, 6) is 0.729. The van der Waals surface area contributed by atoms with Crippen LogP contribution >= 0.6 is 11.6 Å². The van der Waals surface area contributed by atoms with Gasteiger partial charge >= 0.3 is 0 Å². The predicted octanol–water partition coefficient (Wildman–Crippen LogP) is 2.65. The Morgan fingerprint density at radius 2 is 2.00 bits per heavy atom. The van der Waals surface area contributed by atoms with E-state index in [1.807, 2.05) is 12.1 Å². The molecule has 7 heteroatoms. The molecule has 0 bridgehead atoms. The summed E-state index contributed by atoms with van der Waals surface area (Å²) in [6.45, 7) is 3.38. The number of aromatic nitrogens is 2. The molecule has 1 fully saturated rings. The van der Waals surface area contributed by atoms with E-state index in [0.717, 1.165) is 86.1 Å². The first-order valence-electron chi connectivity index (χ1n) is 10.6. The first kappa shape index (κ1) is 18.9. The minimum Gasteiger partial charge on any atom is -0.395 e. The van der Waals surface area contributed by atoms with Crippen LogP contribution in [-0.2, 0) is 18.3 Å². The molecule has 154 valence electrons. The van der Waals surface area contributed by atoms with Crippen LogP contribution in [0.2, 0.25) is 5.02 Å². The van der Waals surface area contributed by atoms with E-state index in [2.05, 4.69) is 20.9 Å². The van der Waals surface area contributed by atoms with Crippen molar-refractivity contribution in [2.24, 2.45) is 0 Å². The average Bonchev–Trinajstić information content (AvgIpc) is 3.01. The SMILES string of the molecule is O=c1[nH]c(N2CCC3(CC2)CN(CCO)c2cc(Cl)ccc23)nc2c1CCCC2. The smallest absolute Gasteiger partial charge is 0.255 e. The van der Waals surface area contributed by atoms with Crippen molar-refractivity contribution in [1.82, 2.24) is 9.97 Å². The molecule has 0 radical (unpaired) electrons. The lowest BCUT2D eigenvalue weighted by Crippen LogP contribution is -2.46. The van der Waals surface area contributed by atoms with Crippen LogP contribution in [0.1, 0.15) is 42.5 Å². The number of rotatable bonds is 3. The van der Waals surface area contributed by atoms with E-state index in [4.69, 9.17) is 16.6 Å². The Kier molecular flexibility index (Phi) is 4.79. The third-order valence-corrected chi connectivity index (χ3v) is 7.17. The van der Waals surface area contributed by atoms with Gasteiger partial charge in [0, 0.05) is 47.9 Å². The number of aryl methyl sites for hydroxylation is 1. The molecule has 1 spiro atoms. The van der Waals surface area contributed by atoms with Gasteiger partial charge in [-0.1, -0.05) is 17.7 Å². The minimum absolute atomic E-state index is 0.0416. The molecule has 1 aromatic heterocycles. The summed E-state index contributed by atoms with van der Waals surface area (Å²) < 4.78 is 0. The van der Waals surface area contributed by atoms with Crippen molar-refractivity contribution < 1.29 is 5.11 Å². The highest BCUT2D eigenvalue weighted by Crippen LogP contribution is 2.47. The third kappa shape index (κ3) is 3.22. The van der Waals surface area contributed by atoms with E-state index < -0.39 is 0 Å². The van der Waals surface area contributed by atoms with Crippen LogP contribution < -0.4 is 15.4 Å². The quantitative estimate of drug-likeness (QED) is 0.807. The predicted molar refractivity (Wildman–Crippen MR) is 115 cm³/mol. The van der Waals surface area contributed by atoms with Crippen LogP contribution in [0, 0.1) is 0 Å². The molecule has 2 aromatic rings. The van der Waals surface area contributed by atoms with Crippen molar-refractivity contribution in [3.8, 4) is 0 Å². The second-order valence-corrected chi connectivity index (χ2v) is 9.03. The van der Waals surface area contributed by atoms with Crippen molar-refractivity contribution >= 4 is 23.2 Å². The maximum atomic E-state index is 12.5. The number of aliphatic hydroxyl groups excluding tert-OH is 1. The topological polar surface area (TPSA) is 72.5 Å². The lowest BCUT2D eigenvalue weighted by molar-refractivity contribution is 0.294. The van der Waals surface area contributed by atoms with Gasteiger partial charge in [0.1, 0.15) is 0 Å². The highest BCUT2D eigenvalue weighted by Gasteiger charge is 2.44. The molecule has 1 aliphatic carbocycles. The number of halogens is 1. The van der Waals surface area contributed by atoms with Crippen molar-refractivity contribution in [3.05, 3.63) is 50.4 Å². The number of anilines is 2. The fraction of sp³-hybridized carbons (Fsp3) is 0.545. The lowest BCUT2D eigenvalue weighted by Gasteiger charge is -2.40.